The summed E-state index contributed by atoms with van der Waals surface area (Å²) in [4.78, 5) is 29.6. The summed E-state index contributed by atoms with van der Waals surface area (Å²) in [5.41, 5.74) is 3.42. The van der Waals surface area contributed by atoms with Crippen LogP contribution in [0.5, 0.6) is 5.75 Å². The SMILES string of the molecule is C=CCN(CC(=O)N1CCc2sccc2[C@@H]1COc1ccc(C)cc1C)C(C)=O. The largest absolute Gasteiger partial charge is 0.491 e. The van der Waals surface area contributed by atoms with E-state index in [1.807, 2.05) is 24.0 Å². The third kappa shape index (κ3) is 4.88. The van der Waals surface area contributed by atoms with Gasteiger partial charge < -0.3 is 14.5 Å². The third-order valence-electron chi connectivity index (χ3n) is 5.26. The Labute approximate surface area is 176 Å². The van der Waals surface area contributed by atoms with Crippen molar-refractivity contribution in [2.45, 2.75) is 33.2 Å². The molecule has 154 valence electrons. The van der Waals surface area contributed by atoms with E-state index in [-0.39, 0.29) is 24.4 Å². The predicted molar refractivity (Wildman–Crippen MR) is 116 cm³/mol. The van der Waals surface area contributed by atoms with Gasteiger partial charge in [0.15, 0.2) is 0 Å². The van der Waals surface area contributed by atoms with E-state index in [1.165, 1.54) is 22.3 Å². The molecular formula is C23H28N2O3S. The minimum absolute atomic E-state index is 0.0564. The number of carbonyl (C=O) groups is 2. The lowest BCUT2D eigenvalue weighted by atomic mass is 10.00. The zero-order chi connectivity index (χ0) is 21.0. The van der Waals surface area contributed by atoms with E-state index in [4.69, 9.17) is 4.74 Å². The maximum Gasteiger partial charge on any atom is 0.242 e. The van der Waals surface area contributed by atoms with Crippen molar-refractivity contribution < 1.29 is 14.3 Å². The molecule has 5 nitrogen and oxygen atoms in total. The second-order valence-corrected chi connectivity index (χ2v) is 8.42. The van der Waals surface area contributed by atoms with E-state index >= 15 is 0 Å². The zero-order valence-electron chi connectivity index (χ0n) is 17.3. The Morgan fingerprint density at radius 1 is 1.34 bits per heavy atom. The number of nitrogens with zero attached hydrogens (tertiary/aromatic N) is 2. The number of hydrogen-bond acceptors (Lipinski definition) is 4. The van der Waals surface area contributed by atoms with Crippen molar-refractivity contribution in [1.29, 1.82) is 0 Å². The molecule has 0 unspecified atom stereocenters. The van der Waals surface area contributed by atoms with Crippen LogP contribution < -0.4 is 4.74 Å². The molecule has 0 saturated heterocycles. The first kappa shape index (κ1) is 21.1. The van der Waals surface area contributed by atoms with Gasteiger partial charge in [0.2, 0.25) is 11.8 Å². The van der Waals surface area contributed by atoms with Gasteiger partial charge in [0.25, 0.3) is 0 Å². The van der Waals surface area contributed by atoms with Crippen LogP contribution in [-0.4, -0.2) is 47.9 Å². The topological polar surface area (TPSA) is 49.9 Å². The molecule has 2 amide bonds. The highest BCUT2D eigenvalue weighted by atomic mass is 32.1. The van der Waals surface area contributed by atoms with Gasteiger partial charge in [-0.15, -0.1) is 17.9 Å². The molecule has 0 aliphatic carbocycles. The average Bonchev–Trinajstić information content (AvgIpc) is 3.15. The highest BCUT2D eigenvalue weighted by molar-refractivity contribution is 7.10. The van der Waals surface area contributed by atoms with Gasteiger partial charge in [-0.3, -0.25) is 9.59 Å². The van der Waals surface area contributed by atoms with E-state index in [2.05, 4.69) is 31.0 Å². The van der Waals surface area contributed by atoms with Crippen LogP contribution >= 0.6 is 11.3 Å². The normalized spacial score (nSPS) is 15.6. The second kappa shape index (κ2) is 9.27. The molecule has 1 aliphatic heterocycles. The van der Waals surface area contributed by atoms with Crippen LogP contribution in [0.25, 0.3) is 0 Å². The molecule has 0 radical (unpaired) electrons. The zero-order valence-corrected chi connectivity index (χ0v) is 18.1. The first-order valence-electron chi connectivity index (χ1n) is 9.83. The summed E-state index contributed by atoms with van der Waals surface area (Å²) in [5.74, 6) is 0.644. The molecule has 0 N–H and O–H groups in total. The lowest BCUT2D eigenvalue weighted by Gasteiger charge is -2.37. The minimum atomic E-state index is -0.157. The molecule has 1 aromatic carbocycles. The van der Waals surface area contributed by atoms with E-state index in [1.54, 1.807) is 17.4 Å². The summed E-state index contributed by atoms with van der Waals surface area (Å²) < 4.78 is 6.15. The van der Waals surface area contributed by atoms with E-state index < -0.39 is 0 Å². The van der Waals surface area contributed by atoms with Crippen LogP contribution in [0.2, 0.25) is 0 Å². The maximum absolute atomic E-state index is 13.1. The van der Waals surface area contributed by atoms with Crippen LogP contribution in [0.1, 0.15) is 34.5 Å². The molecule has 0 spiro atoms. The number of ether oxygens (including phenoxy) is 1. The first-order valence-corrected chi connectivity index (χ1v) is 10.7. The molecule has 29 heavy (non-hydrogen) atoms. The van der Waals surface area contributed by atoms with Crippen molar-refractivity contribution >= 4 is 23.2 Å². The molecule has 1 atom stereocenters. The third-order valence-corrected chi connectivity index (χ3v) is 6.26. The lowest BCUT2D eigenvalue weighted by Crippen LogP contribution is -2.47. The van der Waals surface area contributed by atoms with Crippen LogP contribution in [0, 0.1) is 13.8 Å². The molecule has 1 aliphatic rings. The Bertz CT molecular complexity index is 905. The molecule has 1 aromatic heterocycles. The van der Waals surface area contributed by atoms with Crippen LogP contribution in [-0.2, 0) is 16.0 Å². The summed E-state index contributed by atoms with van der Waals surface area (Å²) in [6, 6.07) is 8.03. The highest BCUT2D eigenvalue weighted by Gasteiger charge is 2.33. The summed E-state index contributed by atoms with van der Waals surface area (Å²) in [7, 11) is 0. The molecule has 2 heterocycles. The van der Waals surface area contributed by atoms with E-state index in [0.29, 0.717) is 19.7 Å². The van der Waals surface area contributed by atoms with Crippen molar-refractivity contribution in [3.8, 4) is 5.75 Å². The molecule has 0 fully saturated rings. The van der Waals surface area contributed by atoms with E-state index in [0.717, 1.165) is 23.3 Å². The van der Waals surface area contributed by atoms with Gasteiger partial charge in [0, 0.05) is 24.9 Å². The number of carbonyl (C=O) groups excluding carboxylic acids is 2. The van der Waals surface area contributed by atoms with Gasteiger partial charge in [-0.05, 0) is 48.9 Å². The molecule has 3 rings (SSSR count). The van der Waals surface area contributed by atoms with Gasteiger partial charge >= 0.3 is 0 Å². The van der Waals surface area contributed by atoms with Crippen LogP contribution in [0.15, 0.2) is 42.3 Å². The molecule has 6 heteroatoms. The number of hydrogen-bond donors (Lipinski definition) is 0. The predicted octanol–water partition coefficient (Wildman–Crippen LogP) is 3.90. The Morgan fingerprint density at radius 3 is 2.83 bits per heavy atom. The Kier molecular flexibility index (Phi) is 6.75. The van der Waals surface area contributed by atoms with Crippen molar-refractivity contribution in [2.24, 2.45) is 0 Å². The van der Waals surface area contributed by atoms with Crippen molar-refractivity contribution in [3.05, 3.63) is 63.9 Å². The quantitative estimate of drug-likeness (QED) is 0.648. The molecule has 0 saturated carbocycles. The molecule has 0 bridgehead atoms. The van der Waals surface area contributed by atoms with Crippen molar-refractivity contribution in [3.63, 3.8) is 0 Å². The Hall–Kier alpha value is -2.60. The Morgan fingerprint density at radius 2 is 2.14 bits per heavy atom. The smallest absolute Gasteiger partial charge is 0.242 e. The maximum atomic E-state index is 13.1. The number of aryl methyl sites for hydroxylation is 2. The minimum Gasteiger partial charge on any atom is -0.491 e. The van der Waals surface area contributed by atoms with Crippen LogP contribution in [0.4, 0.5) is 0 Å². The number of benzene rings is 1. The number of thiophene rings is 1. The highest BCUT2D eigenvalue weighted by Crippen LogP contribution is 2.34. The van der Waals surface area contributed by atoms with Gasteiger partial charge in [-0.25, -0.2) is 0 Å². The standard InChI is InChI=1S/C23H28N2O3S/c1-5-10-24(18(4)26)14-23(27)25-11-8-22-19(9-12-29-22)20(25)15-28-21-7-6-16(2)13-17(21)3/h5-7,9,12-13,20H,1,8,10-11,14-15H2,2-4H3/t20-/m0/s1. The van der Waals surface area contributed by atoms with Gasteiger partial charge in [-0.1, -0.05) is 23.8 Å². The monoisotopic (exact) mass is 412 g/mol. The fraction of sp³-hybridized carbons (Fsp3) is 0.391. The van der Waals surface area contributed by atoms with Crippen LogP contribution in [0.3, 0.4) is 0 Å². The number of amides is 2. The number of rotatable bonds is 7. The fourth-order valence-corrected chi connectivity index (χ4v) is 4.65. The fourth-order valence-electron chi connectivity index (χ4n) is 3.72. The number of fused-ring (bicyclic) bond motifs is 1. The summed E-state index contributed by atoms with van der Waals surface area (Å²) in [5, 5.41) is 2.07. The molecular weight excluding hydrogens is 384 g/mol. The summed E-state index contributed by atoms with van der Waals surface area (Å²) in [6.45, 7) is 10.7. The first-order chi connectivity index (χ1) is 13.9. The van der Waals surface area contributed by atoms with Gasteiger partial charge in [-0.2, -0.15) is 0 Å². The average molecular weight is 413 g/mol. The van der Waals surface area contributed by atoms with Crippen molar-refractivity contribution in [2.75, 3.05) is 26.2 Å². The van der Waals surface area contributed by atoms with Crippen molar-refractivity contribution in [1.82, 2.24) is 9.80 Å². The second-order valence-electron chi connectivity index (χ2n) is 7.42. The van der Waals surface area contributed by atoms with Gasteiger partial charge in [0.1, 0.15) is 18.9 Å². The van der Waals surface area contributed by atoms with Gasteiger partial charge in [0.05, 0.1) is 6.04 Å². The Balaban J connectivity index is 1.79. The lowest BCUT2D eigenvalue weighted by molar-refractivity contribution is -0.141. The summed E-state index contributed by atoms with van der Waals surface area (Å²) in [6.07, 6.45) is 2.48. The summed E-state index contributed by atoms with van der Waals surface area (Å²) >= 11 is 1.73. The van der Waals surface area contributed by atoms with E-state index in [9.17, 15) is 9.59 Å². The molecule has 2 aromatic rings.